The van der Waals surface area contributed by atoms with Crippen molar-refractivity contribution >= 4 is 29.2 Å². The van der Waals surface area contributed by atoms with Gasteiger partial charge in [-0.05, 0) is 42.0 Å². The fourth-order valence-electron chi connectivity index (χ4n) is 1.91. The first kappa shape index (κ1) is 18.6. The normalized spacial score (nSPS) is 10.0. The van der Waals surface area contributed by atoms with E-state index in [-0.39, 0.29) is 18.5 Å². The molecule has 0 radical (unpaired) electrons. The minimum absolute atomic E-state index is 0.0269. The van der Waals surface area contributed by atoms with Crippen molar-refractivity contribution in [3.05, 3.63) is 59.1 Å². The van der Waals surface area contributed by atoms with Crippen molar-refractivity contribution in [3.63, 3.8) is 0 Å². The number of nitrogens with one attached hydrogen (secondary N) is 2. The summed E-state index contributed by atoms with van der Waals surface area (Å²) in [6.45, 7) is 0.305. The van der Waals surface area contributed by atoms with Gasteiger partial charge >= 0.3 is 6.03 Å². The number of benzene rings is 2. The summed E-state index contributed by atoms with van der Waals surface area (Å²) in [5.41, 5.74) is 1.52. The van der Waals surface area contributed by atoms with Gasteiger partial charge in [0, 0.05) is 31.4 Å². The van der Waals surface area contributed by atoms with Gasteiger partial charge in [0.05, 0.1) is 0 Å². The van der Waals surface area contributed by atoms with Crippen molar-refractivity contribution in [1.29, 1.82) is 0 Å². The molecule has 0 spiro atoms. The predicted molar refractivity (Wildman–Crippen MR) is 97.9 cm³/mol. The number of urea groups is 1. The van der Waals surface area contributed by atoms with Gasteiger partial charge in [-0.15, -0.1) is 0 Å². The number of nitrogens with zero attached hydrogens (tertiary/aromatic N) is 1. The lowest BCUT2D eigenvalue weighted by molar-refractivity contribution is -0.130. The predicted octanol–water partition coefficient (Wildman–Crippen LogP) is 3.13. The van der Waals surface area contributed by atoms with Crippen LogP contribution in [-0.2, 0) is 11.3 Å². The molecule has 0 atom stereocenters. The standard InChI is InChI=1S/C18H20ClN3O3/c1-22(2)17(23)12-25-16-5-3-4-13(10-16)11-20-18(24)21-15-8-6-14(19)7-9-15/h3-10H,11-12H2,1-2H3,(H2,20,21,24). The van der Waals surface area contributed by atoms with Crippen LogP contribution in [0.15, 0.2) is 48.5 Å². The summed E-state index contributed by atoms with van der Waals surface area (Å²) >= 11 is 5.80. The number of carbonyl (C=O) groups is 2. The van der Waals surface area contributed by atoms with Gasteiger partial charge in [-0.3, -0.25) is 4.79 Å². The third-order valence-electron chi connectivity index (χ3n) is 3.31. The zero-order valence-electron chi connectivity index (χ0n) is 14.1. The molecule has 2 aromatic carbocycles. The second-order valence-corrected chi connectivity index (χ2v) is 5.98. The minimum atomic E-state index is -0.323. The maximum absolute atomic E-state index is 11.9. The molecule has 2 aromatic rings. The smallest absolute Gasteiger partial charge is 0.319 e. The van der Waals surface area contributed by atoms with Crippen molar-refractivity contribution in [3.8, 4) is 5.75 Å². The Bertz CT molecular complexity index is 733. The molecule has 2 N–H and O–H groups in total. The highest BCUT2D eigenvalue weighted by Gasteiger charge is 2.06. The van der Waals surface area contributed by atoms with Crippen LogP contribution in [-0.4, -0.2) is 37.5 Å². The Labute approximate surface area is 151 Å². The van der Waals surface area contributed by atoms with Crippen molar-refractivity contribution in [2.24, 2.45) is 0 Å². The highest BCUT2D eigenvalue weighted by atomic mass is 35.5. The van der Waals surface area contributed by atoms with Gasteiger partial charge in [0.1, 0.15) is 5.75 Å². The Morgan fingerprint density at radius 3 is 2.52 bits per heavy atom. The monoisotopic (exact) mass is 361 g/mol. The zero-order valence-corrected chi connectivity index (χ0v) is 14.8. The molecule has 0 fully saturated rings. The first-order valence-corrected chi connectivity index (χ1v) is 8.04. The van der Waals surface area contributed by atoms with Crippen LogP contribution < -0.4 is 15.4 Å². The number of amides is 3. The van der Waals surface area contributed by atoms with Gasteiger partial charge in [-0.1, -0.05) is 23.7 Å². The van der Waals surface area contributed by atoms with Crippen molar-refractivity contribution in [1.82, 2.24) is 10.2 Å². The average Bonchev–Trinajstić information content (AvgIpc) is 2.60. The summed E-state index contributed by atoms with van der Waals surface area (Å²) < 4.78 is 5.45. The SMILES string of the molecule is CN(C)C(=O)COc1cccc(CNC(=O)Nc2ccc(Cl)cc2)c1. The maximum Gasteiger partial charge on any atom is 0.319 e. The lowest BCUT2D eigenvalue weighted by atomic mass is 10.2. The summed E-state index contributed by atoms with van der Waals surface area (Å²) in [7, 11) is 3.34. The molecule has 132 valence electrons. The number of ether oxygens (including phenoxy) is 1. The average molecular weight is 362 g/mol. The second kappa shape index (κ2) is 8.94. The number of rotatable bonds is 6. The Morgan fingerprint density at radius 2 is 1.84 bits per heavy atom. The Hall–Kier alpha value is -2.73. The molecule has 0 aliphatic heterocycles. The van der Waals surface area contributed by atoms with Crippen molar-refractivity contribution < 1.29 is 14.3 Å². The Morgan fingerprint density at radius 1 is 1.12 bits per heavy atom. The van der Waals surface area contributed by atoms with Crippen LogP contribution in [0.2, 0.25) is 5.02 Å². The molecular formula is C18H20ClN3O3. The van der Waals surface area contributed by atoms with E-state index in [1.165, 1.54) is 4.90 Å². The molecule has 0 bridgehead atoms. The highest BCUT2D eigenvalue weighted by Crippen LogP contribution is 2.14. The largest absolute Gasteiger partial charge is 0.484 e. The number of hydrogen-bond donors (Lipinski definition) is 2. The zero-order chi connectivity index (χ0) is 18.2. The van der Waals surface area contributed by atoms with E-state index in [2.05, 4.69) is 10.6 Å². The molecule has 0 aromatic heterocycles. The van der Waals surface area contributed by atoms with E-state index < -0.39 is 0 Å². The van der Waals surface area contributed by atoms with Gasteiger partial charge in [-0.25, -0.2) is 4.79 Å². The third kappa shape index (κ3) is 6.35. The van der Waals surface area contributed by atoms with E-state index >= 15 is 0 Å². The van der Waals surface area contributed by atoms with E-state index in [1.807, 2.05) is 12.1 Å². The Kier molecular flexibility index (Phi) is 6.65. The summed E-state index contributed by atoms with van der Waals surface area (Å²) in [5, 5.41) is 6.08. The molecule has 6 nitrogen and oxygen atoms in total. The molecule has 0 unspecified atom stereocenters. The van der Waals surface area contributed by atoms with Crippen LogP contribution in [0.4, 0.5) is 10.5 Å². The van der Waals surface area contributed by atoms with Gasteiger partial charge in [0.15, 0.2) is 6.61 Å². The van der Waals surface area contributed by atoms with E-state index in [0.717, 1.165) is 5.56 Å². The van der Waals surface area contributed by atoms with Crippen LogP contribution in [0.1, 0.15) is 5.56 Å². The molecule has 3 amide bonds. The molecule has 0 heterocycles. The van der Waals surface area contributed by atoms with Crippen LogP contribution in [0.25, 0.3) is 0 Å². The number of halogens is 1. The third-order valence-corrected chi connectivity index (χ3v) is 3.57. The summed E-state index contributed by atoms with van der Waals surface area (Å²) in [5.74, 6) is 0.457. The second-order valence-electron chi connectivity index (χ2n) is 5.54. The quantitative estimate of drug-likeness (QED) is 0.830. The summed E-state index contributed by atoms with van der Waals surface area (Å²) in [6, 6.07) is 13.7. The van der Waals surface area contributed by atoms with E-state index in [1.54, 1.807) is 50.5 Å². The molecule has 25 heavy (non-hydrogen) atoms. The molecule has 2 rings (SSSR count). The van der Waals surface area contributed by atoms with Crippen molar-refractivity contribution in [2.75, 3.05) is 26.0 Å². The molecule has 0 aliphatic carbocycles. The van der Waals surface area contributed by atoms with Gasteiger partial charge in [0.25, 0.3) is 5.91 Å². The number of hydrogen-bond acceptors (Lipinski definition) is 3. The van der Waals surface area contributed by atoms with Crippen LogP contribution in [0, 0.1) is 0 Å². The van der Waals surface area contributed by atoms with Crippen molar-refractivity contribution in [2.45, 2.75) is 6.54 Å². The highest BCUT2D eigenvalue weighted by molar-refractivity contribution is 6.30. The molecular weight excluding hydrogens is 342 g/mol. The van der Waals surface area contributed by atoms with Crippen LogP contribution in [0.3, 0.4) is 0 Å². The number of carbonyl (C=O) groups excluding carboxylic acids is 2. The van der Waals surface area contributed by atoms with Crippen LogP contribution >= 0.6 is 11.6 Å². The lowest BCUT2D eigenvalue weighted by Gasteiger charge is -2.12. The van der Waals surface area contributed by atoms with Gasteiger partial charge < -0.3 is 20.3 Å². The van der Waals surface area contributed by atoms with E-state index in [0.29, 0.717) is 23.0 Å². The molecule has 7 heteroatoms. The first-order valence-electron chi connectivity index (χ1n) is 7.66. The fraction of sp³-hybridized carbons (Fsp3) is 0.222. The number of likely N-dealkylation sites (N-methyl/N-ethyl adjacent to an activating group) is 1. The molecule has 0 saturated carbocycles. The van der Waals surface area contributed by atoms with Crippen LogP contribution in [0.5, 0.6) is 5.75 Å². The van der Waals surface area contributed by atoms with E-state index in [4.69, 9.17) is 16.3 Å². The summed E-state index contributed by atoms with van der Waals surface area (Å²) in [6.07, 6.45) is 0. The lowest BCUT2D eigenvalue weighted by Crippen LogP contribution is -2.28. The first-order chi connectivity index (χ1) is 11.9. The maximum atomic E-state index is 11.9. The summed E-state index contributed by atoms with van der Waals surface area (Å²) in [4.78, 5) is 24.9. The fourth-order valence-corrected chi connectivity index (χ4v) is 2.04. The topological polar surface area (TPSA) is 70.7 Å². The molecule has 0 aliphatic rings. The Balaban J connectivity index is 1.83. The minimum Gasteiger partial charge on any atom is -0.484 e. The van der Waals surface area contributed by atoms with E-state index in [9.17, 15) is 9.59 Å². The van der Waals surface area contributed by atoms with Gasteiger partial charge in [0.2, 0.25) is 0 Å². The number of anilines is 1. The van der Waals surface area contributed by atoms with Gasteiger partial charge in [-0.2, -0.15) is 0 Å². The molecule has 0 saturated heterocycles.